The van der Waals surface area contributed by atoms with Gasteiger partial charge < -0.3 is 14.0 Å². The van der Waals surface area contributed by atoms with Gasteiger partial charge in [-0.05, 0) is 18.6 Å². The van der Waals surface area contributed by atoms with Gasteiger partial charge in [-0.1, -0.05) is 17.7 Å². The van der Waals surface area contributed by atoms with Gasteiger partial charge in [0.05, 0.1) is 13.7 Å². The summed E-state index contributed by atoms with van der Waals surface area (Å²) in [4.78, 5) is 31.3. The molecule has 0 aliphatic carbocycles. The summed E-state index contributed by atoms with van der Waals surface area (Å²) >= 11 is 5.78. The Kier molecular flexibility index (Phi) is 4.17. The standard InChI is InChI=1S/C14H12ClN5O4/c1-8-5-11(21)20-13(17-12(18-20)24-14(22)23-2)19(8)7-9-3-4-10(15)16-6-9/h3-6H,7H2,1-2H3. The molecule has 0 N–H and O–H groups in total. The molecular formula is C14H12ClN5O4. The number of hydrogen-bond acceptors (Lipinski definition) is 7. The van der Waals surface area contributed by atoms with E-state index in [9.17, 15) is 9.59 Å². The molecule has 0 spiro atoms. The lowest BCUT2D eigenvalue weighted by molar-refractivity contribution is 0.118. The molecule has 0 aromatic carbocycles. The van der Waals surface area contributed by atoms with E-state index in [-0.39, 0.29) is 17.3 Å². The number of methoxy groups -OCH3 is 1. The zero-order valence-electron chi connectivity index (χ0n) is 12.8. The molecule has 9 nitrogen and oxygen atoms in total. The molecule has 3 heterocycles. The minimum atomic E-state index is -0.969. The SMILES string of the molecule is COC(=O)Oc1nc2n(Cc3ccc(Cl)nc3)c(C)cc(=O)n2n1. The number of carbonyl (C=O) groups is 1. The molecule has 3 rings (SSSR count). The summed E-state index contributed by atoms with van der Waals surface area (Å²) in [6, 6.07) is 4.62. The maximum Gasteiger partial charge on any atom is 0.516 e. The molecule has 0 saturated carbocycles. The molecule has 0 fully saturated rings. The molecular weight excluding hydrogens is 338 g/mol. The van der Waals surface area contributed by atoms with E-state index in [0.717, 1.165) is 17.2 Å². The molecule has 0 bridgehead atoms. The summed E-state index contributed by atoms with van der Waals surface area (Å²) in [5.74, 6) is 0.230. The van der Waals surface area contributed by atoms with Gasteiger partial charge >= 0.3 is 12.2 Å². The van der Waals surface area contributed by atoms with Gasteiger partial charge in [0.2, 0.25) is 5.78 Å². The Balaban J connectivity index is 2.07. The van der Waals surface area contributed by atoms with Gasteiger partial charge in [0.25, 0.3) is 5.56 Å². The van der Waals surface area contributed by atoms with E-state index in [1.54, 1.807) is 23.8 Å². The summed E-state index contributed by atoms with van der Waals surface area (Å²) in [7, 11) is 1.16. The normalized spacial score (nSPS) is 10.8. The Bertz CT molecular complexity index is 964. The van der Waals surface area contributed by atoms with Crippen molar-refractivity contribution in [2.24, 2.45) is 0 Å². The molecule has 10 heteroatoms. The Labute approximate surface area is 140 Å². The minimum absolute atomic E-state index is 0.230. The molecule has 0 saturated heterocycles. The van der Waals surface area contributed by atoms with Crippen LogP contribution < -0.4 is 10.3 Å². The minimum Gasteiger partial charge on any atom is -0.437 e. The highest BCUT2D eigenvalue weighted by atomic mass is 35.5. The van der Waals surface area contributed by atoms with E-state index in [2.05, 4.69) is 19.8 Å². The van der Waals surface area contributed by atoms with Crippen molar-refractivity contribution in [2.75, 3.05) is 7.11 Å². The Morgan fingerprint density at radius 3 is 2.83 bits per heavy atom. The lowest BCUT2D eigenvalue weighted by Gasteiger charge is -2.11. The molecule has 3 aromatic heterocycles. The number of halogens is 1. The molecule has 0 aliphatic heterocycles. The first-order valence-corrected chi connectivity index (χ1v) is 7.19. The number of aryl methyl sites for hydroxylation is 1. The Morgan fingerprint density at radius 2 is 2.17 bits per heavy atom. The number of aromatic nitrogens is 5. The molecule has 3 aromatic rings. The molecule has 0 radical (unpaired) electrons. The predicted octanol–water partition coefficient (Wildman–Crippen LogP) is 1.44. The van der Waals surface area contributed by atoms with Crippen LogP contribution in [0.1, 0.15) is 11.3 Å². The molecule has 0 unspecified atom stereocenters. The first kappa shape index (κ1) is 15.9. The average Bonchev–Trinajstić information content (AvgIpc) is 2.97. The van der Waals surface area contributed by atoms with Crippen molar-refractivity contribution in [2.45, 2.75) is 13.5 Å². The second-order valence-electron chi connectivity index (χ2n) is 4.86. The van der Waals surface area contributed by atoms with Crippen LogP contribution in [0.4, 0.5) is 4.79 Å². The van der Waals surface area contributed by atoms with Crippen molar-refractivity contribution in [3.8, 4) is 6.01 Å². The molecule has 124 valence electrons. The van der Waals surface area contributed by atoms with Crippen LogP contribution in [-0.2, 0) is 11.3 Å². The van der Waals surface area contributed by atoms with Crippen molar-refractivity contribution >= 4 is 23.5 Å². The van der Waals surface area contributed by atoms with Crippen molar-refractivity contribution in [1.82, 2.24) is 24.1 Å². The van der Waals surface area contributed by atoms with Crippen LogP contribution in [0, 0.1) is 6.92 Å². The smallest absolute Gasteiger partial charge is 0.437 e. The van der Waals surface area contributed by atoms with Crippen LogP contribution in [0.15, 0.2) is 29.2 Å². The Morgan fingerprint density at radius 1 is 1.38 bits per heavy atom. The summed E-state index contributed by atoms with van der Waals surface area (Å²) in [5, 5.41) is 4.26. The predicted molar refractivity (Wildman–Crippen MR) is 83.4 cm³/mol. The summed E-state index contributed by atoms with van der Waals surface area (Å²) in [6.45, 7) is 2.15. The number of rotatable bonds is 3. The second-order valence-corrected chi connectivity index (χ2v) is 5.25. The third-order valence-electron chi connectivity index (χ3n) is 3.25. The van der Waals surface area contributed by atoms with Crippen molar-refractivity contribution in [3.05, 3.63) is 51.2 Å². The summed E-state index contributed by atoms with van der Waals surface area (Å²) in [5.41, 5.74) is 1.13. The van der Waals surface area contributed by atoms with Crippen LogP contribution in [0.25, 0.3) is 5.78 Å². The van der Waals surface area contributed by atoms with E-state index >= 15 is 0 Å². The van der Waals surface area contributed by atoms with E-state index in [0.29, 0.717) is 17.4 Å². The fourth-order valence-corrected chi connectivity index (χ4v) is 2.23. The Hall–Kier alpha value is -2.94. The third-order valence-corrected chi connectivity index (χ3v) is 3.47. The largest absolute Gasteiger partial charge is 0.516 e. The maximum atomic E-state index is 12.1. The lowest BCUT2D eigenvalue weighted by atomic mass is 10.3. The van der Waals surface area contributed by atoms with Crippen molar-refractivity contribution in [1.29, 1.82) is 0 Å². The quantitative estimate of drug-likeness (QED) is 0.521. The van der Waals surface area contributed by atoms with Crippen LogP contribution in [0.5, 0.6) is 6.01 Å². The highest BCUT2D eigenvalue weighted by Gasteiger charge is 2.16. The summed E-state index contributed by atoms with van der Waals surface area (Å²) < 4.78 is 12.0. The number of ether oxygens (including phenoxy) is 2. The van der Waals surface area contributed by atoms with Gasteiger partial charge in [0.15, 0.2) is 0 Å². The summed E-state index contributed by atoms with van der Waals surface area (Å²) in [6.07, 6.45) is 0.655. The number of nitrogens with zero attached hydrogens (tertiary/aromatic N) is 5. The van der Waals surface area contributed by atoms with Gasteiger partial charge in [0.1, 0.15) is 5.15 Å². The van der Waals surface area contributed by atoms with Crippen molar-refractivity contribution < 1.29 is 14.3 Å². The zero-order valence-corrected chi connectivity index (χ0v) is 13.5. The number of hydrogen-bond donors (Lipinski definition) is 0. The average molecular weight is 350 g/mol. The van der Waals surface area contributed by atoms with Crippen LogP contribution in [0.3, 0.4) is 0 Å². The molecule has 0 aliphatic rings. The number of carbonyl (C=O) groups excluding carboxylic acids is 1. The van der Waals surface area contributed by atoms with Gasteiger partial charge in [-0.2, -0.15) is 9.50 Å². The highest BCUT2D eigenvalue weighted by Crippen LogP contribution is 2.13. The van der Waals surface area contributed by atoms with Crippen LogP contribution in [0.2, 0.25) is 5.15 Å². The van der Waals surface area contributed by atoms with E-state index in [4.69, 9.17) is 16.3 Å². The third kappa shape index (κ3) is 3.06. The second kappa shape index (κ2) is 6.28. The fourth-order valence-electron chi connectivity index (χ4n) is 2.12. The zero-order chi connectivity index (χ0) is 17.3. The monoisotopic (exact) mass is 349 g/mol. The van der Waals surface area contributed by atoms with Gasteiger partial charge in [-0.25, -0.2) is 9.78 Å². The molecule has 0 atom stereocenters. The van der Waals surface area contributed by atoms with E-state index in [1.807, 2.05) is 6.07 Å². The van der Waals surface area contributed by atoms with Crippen LogP contribution >= 0.6 is 11.6 Å². The van der Waals surface area contributed by atoms with Crippen LogP contribution in [-0.4, -0.2) is 37.4 Å². The molecule has 24 heavy (non-hydrogen) atoms. The highest BCUT2D eigenvalue weighted by molar-refractivity contribution is 6.29. The first-order chi connectivity index (χ1) is 11.5. The van der Waals surface area contributed by atoms with Gasteiger partial charge in [-0.15, -0.1) is 5.10 Å². The number of pyridine rings is 1. The van der Waals surface area contributed by atoms with Gasteiger partial charge in [0, 0.05) is 18.0 Å². The molecule has 0 amide bonds. The maximum absolute atomic E-state index is 12.1. The number of fused-ring (bicyclic) bond motifs is 1. The van der Waals surface area contributed by atoms with E-state index in [1.165, 1.54) is 6.07 Å². The van der Waals surface area contributed by atoms with Crippen molar-refractivity contribution in [3.63, 3.8) is 0 Å². The fraction of sp³-hybridized carbons (Fsp3) is 0.214. The van der Waals surface area contributed by atoms with Gasteiger partial charge in [-0.3, -0.25) is 4.79 Å². The topological polar surface area (TPSA) is 101 Å². The lowest BCUT2D eigenvalue weighted by Crippen LogP contribution is -2.20. The first-order valence-electron chi connectivity index (χ1n) is 6.81. The van der Waals surface area contributed by atoms with E-state index < -0.39 is 6.16 Å².